The zero-order valence-electron chi connectivity index (χ0n) is 19.6. The van der Waals surface area contributed by atoms with Crippen molar-refractivity contribution in [3.8, 4) is 28.3 Å². The first-order chi connectivity index (χ1) is 16.4. The molecule has 4 rings (SSSR count). The predicted octanol–water partition coefficient (Wildman–Crippen LogP) is 4.32. The first-order valence-electron chi connectivity index (χ1n) is 10.8. The Morgan fingerprint density at radius 1 is 1.00 bits per heavy atom. The minimum absolute atomic E-state index is 0.0949. The van der Waals surface area contributed by atoms with Gasteiger partial charge < -0.3 is 14.4 Å². The second-order valence-electron chi connectivity index (χ2n) is 8.06. The summed E-state index contributed by atoms with van der Waals surface area (Å²) in [5.41, 5.74) is 6.37. The molecule has 34 heavy (non-hydrogen) atoms. The van der Waals surface area contributed by atoms with E-state index in [9.17, 15) is 4.79 Å². The third kappa shape index (κ3) is 5.20. The lowest BCUT2D eigenvalue weighted by Gasteiger charge is -2.16. The summed E-state index contributed by atoms with van der Waals surface area (Å²) in [5.74, 6) is 1.28. The molecule has 2 heterocycles. The second kappa shape index (κ2) is 10.1. The van der Waals surface area contributed by atoms with Gasteiger partial charge in [0.2, 0.25) is 0 Å². The molecule has 2 aromatic heterocycles. The predicted molar refractivity (Wildman–Crippen MR) is 127 cm³/mol. The highest BCUT2D eigenvalue weighted by Gasteiger charge is 2.14. The highest BCUT2D eigenvalue weighted by atomic mass is 16.6. The van der Waals surface area contributed by atoms with Gasteiger partial charge in [-0.15, -0.1) is 5.10 Å². The number of aryl methyl sites for hydroxylation is 2. The van der Waals surface area contributed by atoms with Crippen LogP contribution in [0.1, 0.15) is 22.5 Å². The summed E-state index contributed by atoms with van der Waals surface area (Å²) in [6.45, 7) is 4.25. The fourth-order valence-electron chi connectivity index (χ4n) is 3.54. The van der Waals surface area contributed by atoms with E-state index in [2.05, 4.69) is 25.6 Å². The molecule has 1 N–H and O–H groups in total. The number of benzene rings is 2. The van der Waals surface area contributed by atoms with Crippen molar-refractivity contribution in [1.29, 1.82) is 0 Å². The maximum atomic E-state index is 11.9. The molecule has 0 radical (unpaired) electrons. The van der Waals surface area contributed by atoms with Gasteiger partial charge in [0.15, 0.2) is 5.82 Å². The van der Waals surface area contributed by atoms with E-state index in [0.717, 1.165) is 39.2 Å². The molecule has 0 unspecified atom stereocenters. The number of amides is 1. The number of tetrazole rings is 1. The smallest absolute Gasteiger partial charge is 0.409 e. The van der Waals surface area contributed by atoms with Crippen LogP contribution in [-0.4, -0.2) is 50.7 Å². The maximum absolute atomic E-state index is 11.9. The number of rotatable bonds is 7. The van der Waals surface area contributed by atoms with E-state index < -0.39 is 6.09 Å². The number of aromatic nitrogens is 5. The van der Waals surface area contributed by atoms with Gasteiger partial charge in [-0.25, -0.2) is 9.89 Å². The molecule has 0 aliphatic rings. The van der Waals surface area contributed by atoms with Gasteiger partial charge in [-0.1, -0.05) is 48.5 Å². The summed E-state index contributed by atoms with van der Waals surface area (Å²) in [6, 6.07) is 18.0. The van der Waals surface area contributed by atoms with Crippen LogP contribution in [0.3, 0.4) is 0 Å². The molecule has 0 saturated heterocycles. The van der Waals surface area contributed by atoms with Gasteiger partial charge in [0, 0.05) is 37.1 Å². The van der Waals surface area contributed by atoms with Crippen LogP contribution in [0.2, 0.25) is 0 Å². The summed E-state index contributed by atoms with van der Waals surface area (Å²) in [7, 11) is 3.29. The molecule has 0 aliphatic heterocycles. The number of carbonyl (C=O) groups excluding carboxylic acids is 1. The molecule has 0 spiro atoms. The Kier molecular flexibility index (Phi) is 6.82. The summed E-state index contributed by atoms with van der Waals surface area (Å²) >= 11 is 0. The van der Waals surface area contributed by atoms with Crippen molar-refractivity contribution < 1.29 is 14.3 Å². The minimum Gasteiger partial charge on any atom is -0.488 e. The Bertz CT molecular complexity index is 1270. The Morgan fingerprint density at radius 2 is 1.74 bits per heavy atom. The van der Waals surface area contributed by atoms with Crippen LogP contribution in [-0.2, 0) is 18.0 Å². The molecule has 9 nitrogen and oxygen atoms in total. The molecule has 4 aromatic rings. The number of hydrogen-bond donors (Lipinski definition) is 1. The number of H-pyrrole nitrogens is 1. The molecule has 0 saturated carbocycles. The average Bonchev–Trinajstić information content (AvgIpc) is 3.37. The van der Waals surface area contributed by atoms with Crippen LogP contribution >= 0.6 is 0 Å². The van der Waals surface area contributed by atoms with Crippen molar-refractivity contribution in [2.75, 3.05) is 14.1 Å². The second-order valence-corrected chi connectivity index (χ2v) is 8.06. The maximum Gasteiger partial charge on any atom is 0.409 e. The number of nitrogens with zero attached hydrogens (tertiary/aromatic N) is 5. The molecule has 9 heteroatoms. The van der Waals surface area contributed by atoms with Crippen LogP contribution in [0, 0.1) is 13.8 Å². The SMILES string of the molecule is Cc1cc(OCc2ccc(-c3ccccc3-c3nnn[nH]3)cc2)c(COC(=O)N(C)C)c(C)n1. The van der Waals surface area contributed by atoms with E-state index in [-0.39, 0.29) is 6.61 Å². The first kappa shape index (κ1) is 22.9. The topological polar surface area (TPSA) is 106 Å². The Labute approximate surface area is 197 Å². The van der Waals surface area contributed by atoms with Gasteiger partial charge in [-0.2, -0.15) is 0 Å². The van der Waals surface area contributed by atoms with Crippen LogP contribution in [0.25, 0.3) is 22.5 Å². The molecule has 174 valence electrons. The van der Waals surface area contributed by atoms with Crippen molar-refractivity contribution in [3.05, 3.63) is 77.1 Å². The van der Waals surface area contributed by atoms with Gasteiger partial charge in [0.1, 0.15) is 19.0 Å². The standard InChI is InChI=1S/C25H26N6O3/c1-16-13-23(22(17(2)26-16)15-34-25(32)31(3)4)33-14-18-9-11-19(12-10-18)20-7-5-6-8-21(20)24-27-29-30-28-24/h5-13H,14-15H2,1-4H3,(H,27,28,29,30). The zero-order valence-corrected chi connectivity index (χ0v) is 19.6. The van der Waals surface area contributed by atoms with E-state index >= 15 is 0 Å². The van der Waals surface area contributed by atoms with Crippen LogP contribution in [0.5, 0.6) is 5.75 Å². The van der Waals surface area contributed by atoms with Crippen molar-refractivity contribution in [2.24, 2.45) is 0 Å². The third-order valence-electron chi connectivity index (χ3n) is 5.31. The fourth-order valence-corrected chi connectivity index (χ4v) is 3.54. The number of pyridine rings is 1. The molecule has 2 aromatic carbocycles. The summed E-state index contributed by atoms with van der Waals surface area (Å²) in [6.07, 6.45) is -0.414. The summed E-state index contributed by atoms with van der Waals surface area (Å²) < 4.78 is 11.5. The molecule has 1 amide bonds. The number of aromatic amines is 1. The minimum atomic E-state index is -0.414. The zero-order chi connectivity index (χ0) is 24.1. The van der Waals surface area contributed by atoms with Crippen molar-refractivity contribution >= 4 is 6.09 Å². The molecular weight excluding hydrogens is 432 g/mol. The van der Waals surface area contributed by atoms with Crippen LogP contribution < -0.4 is 4.74 Å². The van der Waals surface area contributed by atoms with Crippen molar-refractivity contribution in [2.45, 2.75) is 27.1 Å². The van der Waals surface area contributed by atoms with Crippen LogP contribution in [0.15, 0.2) is 54.6 Å². The number of ether oxygens (including phenoxy) is 2. The van der Waals surface area contributed by atoms with Gasteiger partial charge in [-0.3, -0.25) is 4.98 Å². The Balaban J connectivity index is 1.50. The van der Waals surface area contributed by atoms with Crippen molar-refractivity contribution in [1.82, 2.24) is 30.5 Å². The molecule has 0 aliphatic carbocycles. The quantitative estimate of drug-likeness (QED) is 0.439. The van der Waals surface area contributed by atoms with E-state index in [0.29, 0.717) is 18.2 Å². The molecule has 0 atom stereocenters. The number of carbonyl (C=O) groups is 1. The highest BCUT2D eigenvalue weighted by molar-refractivity contribution is 5.80. The lowest BCUT2D eigenvalue weighted by atomic mass is 9.98. The van der Waals surface area contributed by atoms with Gasteiger partial charge in [0.25, 0.3) is 0 Å². The number of hydrogen-bond acceptors (Lipinski definition) is 7. The van der Waals surface area contributed by atoms with Gasteiger partial charge in [0.05, 0.1) is 5.56 Å². The Morgan fingerprint density at radius 3 is 2.41 bits per heavy atom. The van der Waals surface area contributed by atoms with Gasteiger partial charge >= 0.3 is 6.09 Å². The summed E-state index contributed by atoms with van der Waals surface area (Å²) in [5, 5.41) is 14.2. The third-order valence-corrected chi connectivity index (χ3v) is 5.31. The van der Waals surface area contributed by atoms with E-state index in [1.807, 2.05) is 68.4 Å². The van der Waals surface area contributed by atoms with E-state index in [1.54, 1.807) is 14.1 Å². The lowest BCUT2D eigenvalue weighted by molar-refractivity contribution is 0.110. The van der Waals surface area contributed by atoms with Crippen LogP contribution in [0.4, 0.5) is 4.79 Å². The van der Waals surface area contributed by atoms with Crippen molar-refractivity contribution in [3.63, 3.8) is 0 Å². The largest absolute Gasteiger partial charge is 0.488 e. The lowest BCUT2D eigenvalue weighted by Crippen LogP contribution is -2.22. The molecule has 0 bridgehead atoms. The average molecular weight is 459 g/mol. The first-order valence-corrected chi connectivity index (χ1v) is 10.8. The Hall–Kier alpha value is -4.27. The normalized spacial score (nSPS) is 10.7. The molecule has 0 fully saturated rings. The number of nitrogens with one attached hydrogen (secondary N) is 1. The fraction of sp³-hybridized carbons (Fsp3) is 0.240. The van der Waals surface area contributed by atoms with E-state index in [1.165, 1.54) is 4.90 Å². The van der Waals surface area contributed by atoms with E-state index in [4.69, 9.17) is 9.47 Å². The summed E-state index contributed by atoms with van der Waals surface area (Å²) in [4.78, 5) is 17.7. The molecular formula is C25H26N6O3. The monoisotopic (exact) mass is 458 g/mol. The van der Waals surface area contributed by atoms with Gasteiger partial charge in [-0.05, 0) is 41.0 Å². The highest BCUT2D eigenvalue weighted by Crippen LogP contribution is 2.30.